The van der Waals surface area contributed by atoms with Crippen LogP contribution in [0.3, 0.4) is 0 Å². The van der Waals surface area contributed by atoms with Gasteiger partial charge in [-0.3, -0.25) is 4.79 Å². The maximum Gasteiger partial charge on any atom is 0.243 e. The van der Waals surface area contributed by atoms with Gasteiger partial charge in [0.1, 0.15) is 11.9 Å². The van der Waals surface area contributed by atoms with Crippen LogP contribution < -0.4 is 5.32 Å². The van der Waals surface area contributed by atoms with Gasteiger partial charge in [0.15, 0.2) is 0 Å². The van der Waals surface area contributed by atoms with Crippen LogP contribution in [0, 0.1) is 5.92 Å². The molecule has 1 aliphatic rings. The molecule has 4 rings (SSSR count). The fourth-order valence-corrected chi connectivity index (χ4v) is 4.61. The van der Waals surface area contributed by atoms with Crippen molar-refractivity contribution in [2.45, 2.75) is 64.5 Å². The molecule has 1 aromatic heterocycles. The quantitative estimate of drug-likeness (QED) is 0.499. The first-order valence-electron chi connectivity index (χ1n) is 11.1. The van der Waals surface area contributed by atoms with E-state index in [9.17, 15) is 4.79 Å². The second kappa shape index (κ2) is 9.22. The summed E-state index contributed by atoms with van der Waals surface area (Å²) in [5.41, 5.74) is 2.86. The predicted molar refractivity (Wildman–Crippen MR) is 124 cm³/mol. The summed E-state index contributed by atoms with van der Waals surface area (Å²) in [6.45, 7) is 4.34. The molecular weight excluding hydrogens is 394 g/mol. The molecule has 1 N–H and O–H groups in total. The Morgan fingerprint density at radius 2 is 1.80 bits per heavy atom. The van der Waals surface area contributed by atoms with Crippen LogP contribution in [0.15, 0.2) is 48.5 Å². The number of benzene rings is 2. The zero-order valence-electron chi connectivity index (χ0n) is 17.8. The Balaban J connectivity index is 1.78. The van der Waals surface area contributed by atoms with Gasteiger partial charge in [0.2, 0.25) is 5.91 Å². The van der Waals surface area contributed by atoms with Gasteiger partial charge in [0, 0.05) is 16.6 Å². The number of imidazole rings is 1. The summed E-state index contributed by atoms with van der Waals surface area (Å²) in [5, 5.41) is 4.05. The second-order valence-electron chi connectivity index (χ2n) is 8.79. The molecule has 0 saturated heterocycles. The Morgan fingerprint density at radius 1 is 1.10 bits per heavy atom. The zero-order valence-corrected chi connectivity index (χ0v) is 18.5. The summed E-state index contributed by atoms with van der Waals surface area (Å²) in [6, 6.07) is 15.8. The lowest BCUT2D eigenvalue weighted by Gasteiger charge is -2.28. The molecule has 30 heavy (non-hydrogen) atoms. The van der Waals surface area contributed by atoms with Gasteiger partial charge in [0.25, 0.3) is 0 Å². The molecule has 0 unspecified atom stereocenters. The molecule has 0 spiro atoms. The number of rotatable bonds is 6. The van der Waals surface area contributed by atoms with E-state index in [0.29, 0.717) is 10.9 Å². The van der Waals surface area contributed by atoms with Gasteiger partial charge in [-0.15, -0.1) is 0 Å². The average Bonchev–Trinajstić information content (AvgIpc) is 3.12. The largest absolute Gasteiger partial charge is 0.352 e. The molecule has 1 atom stereocenters. The van der Waals surface area contributed by atoms with Gasteiger partial charge in [-0.25, -0.2) is 4.98 Å². The lowest BCUT2D eigenvalue weighted by Crippen LogP contribution is -2.41. The summed E-state index contributed by atoms with van der Waals surface area (Å²) >= 11 is 6.12. The number of hydrogen-bond donors (Lipinski definition) is 1. The Labute approximate surface area is 183 Å². The highest BCUT2D eigenvalue weighted by Gasteiger charge is 2.29. The second-order valence-corrected chi connectivity index (χ2v) is 9.23. The van der Waals surface area contributed by atoms with Crippen molar-refractivity contribution in [2.24, 2.45) is 5.92 Å². The Kier molecular flexibility index (Phi) is 6.43. The van der Waals surface area contributed by atoms with Crippen molar-refractivity contribution in [3.05, 3.63) is 53.6 Å². The number of nitrogens with one attached hydrogen (secondary N) is 1. The topological polar surface area (TPSA) is 46.9 Å². The molecule has 5 heteroatoms. The number of amides is 1. The minimum Gasteiger partial charge on any atom is -0.352 e. The van der Waals surface area contributed by atoms with Crippen LogP contribution in [0.4, 0.5) is 0 Å². The van der Waals surface area contributed by atoms with E-state index in [0.717, 1.165) is 41.7 Å². The van der Waals surface area contributed by atoms with Crippen LogP contribution >= 0.6 is 11.6 Å². The van der Waals surface area contributed by atoms with Crippen molar-refractivity contribution in [1.29, 1.82) is 0 Å². The van der Waals surface area contributed by atoms with Gasteiger partial charge in [-0.1, -0.05) is 56.8 Å². The van der Waals surface area contributed by atoms with E-state index in [2.05, 4.69) is 29.8 Å². The highest BCUT2D eigenvalue weighted by atomic mass is 35.5. The molecule has 1 aliphatic carbocycles. The van der Waals surface area contributed by atoms with Crippen molar-refractivity contribution in [1.82, 2.24) is 14.9 Å². The molecule has 4 nitrogen and oxygen atoms in total. The summed E-state index contributed by atoms with van der Waals surface area (Å²) in [7, 11) is 0. The number of carbonyl (C=O) groups is 1. The first-order chi connectivity index (χ1) is 14.5. The molecule has 2 aromatic carbocycles. The maximum atomic E-state index is 13.5. The Bertz CT molecular complexity index is 1000. The maximum absolute atomic E-state index is 13.5. The van der Waals surface area contributed by atoms with E-state index in [1.807, 2.05) is 42.5 Å². The highest BCUT2D eigenvalue weighted by Crippen LogP contribution is 2.32. The predicted octanol–water partition coefficient (Wildman–Crippen LogP) is 6.39. The normalized spacial score (nSPS) is 16.1. The van der Waals surface area contributed by atoms with Crippen LogP contribution in [-0.4, -0.2) is 21.5 Å². The van der Waals surface area contributed by atoms with Gasteiger partial charge < -0.3 is 9.88 Å². The first kappa shape index (κ1) is 20.9. The first-order valence-corrected chi connectivity index (χ1v) is 11.4. The van der Waals surface area contributed by atoms with Gasteiger partial charge in [-0.2, -0.15) is 0 Å². The number of nitrogens with zero attached hydrogens (tertiary/aromatic N) is 2. The van der Waals surface area contributed by atoms with E-state index in [1.165, 1.54) is 19.3 Å². The molecule has 1 saturated carbocycles. The third-order valence-electron chi connectivity index (χ3n) is 5.96. The number of halogens is 1. The number of para-hydroxylation sites is 2. The number of fused-ring (bicyclic) bond motifs is 1. The van der Waals surface area contributed by atoms with E-state index in [-0.39, 0.29) is 18.0 Å². The SMILES string of the molecule is CC(C)C[C@@H](C(=O)NC1CCCCC1)n1c(-c2ccc(Cl)cc2)nc2ccccc21. The standard InChI is InChI=1S/C25H30ClN3O/c1-17(2)16-23(25(30)27-20-8-4-3-5-9-20)29-22-11-7-6-10-21(22)28-24(29)18-12-14-19(26)15-13-18/h6-7,10-15,17,20,23H,3-5,8-9,16H2,1-2H3,(H,27,30)/t23-/m0/s1. The fraction of sp³-hybridized carbons (Fsp3) is 0.440. The summed E-state index contributed by atoms with van der Waals surface area (Å²) < 4.78 is 2.14. The lowest BCUT2D eigenvalue weighted by atomic mass is 9.94. The summed E-state index contributed by atoms with van der Waals surface area (Å²) in [6.07, 6.45) is 6.59. The molecule has 1 heterocycles. The minimum absolute atomic E-state index is 0.106. The third kappa shape index (κ3) is 4.54. The van der Waals surface area contributed by atoms with E-state index in [1.54, 1.807) is 0 Å². The molecule has 0 bridgehead atoms. The monoisotopic (exact) mass is 423 g/mol. The molecule has 0 radical (unpaired) electrons. The summed E-state index contributed by atoms with van der Waals surface area (Å²) in [4.78, 5) is 18.5. The molecular formula is C25H30ClN3O. The summed E-state index contributed by atoms with van der Waals surface area (Å²) in [5.74, 6) is 1.30. The van der Waals surface area contributed by atoms with Gasteiger partial charge >= 0.3 is 0 Å². The van der Waals surface area contributed by atoms with Crippen molar-refractivity contribution >= 4 is 28.5 Å². The minimum atomic E-state index is -0.301. The van der Waals surface area contributed by atoms with Crippen LogP contribution in [0.1, 0.15) is 58.4 Å². The number of aromatic nitrogens is 2. The van der Waals surface area contributed by atoms with Crippen LogP contribution in [0.25, 0.3) is 22.4 Å². The fourth-order valence-electron chi connectivity index (χ4n) is 4.48. The van der Waals surface area contributed by atoms with Crippen molar-refractivity contribution < 1.29 is 4.79 Å². The van der Waals surface area contributed by atoms with E-state index >= 15 is 0 Å². The Morgan fingerprint density at radius 3 is 2.50 bits per heavy atom. The van der Waals surface area contributed by atoms with Crippen LogP contribution in [-0.2, 0) is 4.79 Å². The molecule has 0 aliphatic heterocycles. The van der Waals surface area contributed by atoms with Crippen LogP contribution in [0.2, 0.25) is 5.02 Å². The van der Waals surface area contributed by atoms with E-state index < -0.39 is 0 Å². The third-order valence-corrected chi connectivity index (χ3v) is 6.21. The van der Waals surface area contributed by atoms with Crippen molar-refractivity contribution in [2.75, 3.05) is 0 Å². The number of carbonyl (C=O) groups excluding carboxylic acids is 1. The zero-order chi connectivity index (χ0) is 21.1. The number of hydrogen-bond acceptors (Lipinski definition) is 2. The molecule has 158 valence electrons. The van der Waals surface area contributed by atoms with Crippen LogP contribution in [0.5, 0.6) is 0 Å². The Hall–Kier alpha value is -2.33. The average molecular weight is 424 g/mol. The lowest BCUT2D eigenvalue weighted by molar-refractivity contribution is -0.125. The molecule has 1 amide bonds. The highest BCUT2D eigenvalue weighted by molar-refractivity contribution is 6.30. The van der Waals surface area contributed by atoms with E-state index in [4.69, 9.17) is 16.6 Å². The van der Waals surface area contributed by atoms with Crippen molar-refractivity contribution in [3.63, 3.8) is 0 Å². The van der Waals surface area contributed by atoms with Gasteiger partial charge in [0.05, 0.1) is 11.0 Å². The molecule has 3 aromatic rings. The van der Waals surface area contributed by atoms with Crippen molar-refractivity contribution in [3.8, 4) is 11.4 Å². The molecule has 1 fully saturated rings. The smallest absolute Gasteiger partial charge is 0.243 e. The van der Waals surface area contributed by atoms with Gasteiger partial charge in [-0.05, 0) is 61.6 Å².